The minimum atomic E-state index is 0. The number of nitrogen functional groups attached to an aromatic ring is 1. The van der Waals surface area contributed by atoms with Gasteiger partial charge < -0.3 is 15.4 Å². The number of hydrogen-bond donors (Lipinski definition) is 1. The molecule has 1 saturated heterocycles. The Morgan fingerprint density at radius 2 is 1.71 bits per heavy atom. The van der Waals surface area contributed by atoms with Crippen molar-refractivity contribution in [1.82, 2.24) is 4.90 Å². The number of amides is 1. The van der Waals surface area contributed by atoms with E-state index in [1.165, 1.54) is 25.7 Å². The monoisotopic (exact) mass is 352 g/mol. The normalized spacial score (nSPS) is 25.1. The zero-order valence-electron chi connectivity index (χ0n) is 14.4. The van der Waals surface area contributed by atoms with Gasteiger partial charge >= 0.3 is 0 Å². The van der Waals surface area contributed by atoms with Gasteiger partial charge in [-0.25, -0.2) is 0 Å². The molecular formula is C19H29ClN2O2. The van der Waals surface area contributed by atoms with Gasteiger partial charge in [0.15, 0.2) is 0 Å². The first kappa shape index (κ1) is 19.1. The second kappa shape index (κ2) is 8.72. The average molecular weight is 353 g/mol. The molecule has 1 saturated carbocycles. The van der Waals surface area contributed by atoms with Gasteiger partial charge in [-0.3, -0.25) is 4.79 Å². The maximum atomic E-state index is 12.5. The van der Waals surface area contributed by atoms with Crippen LogP contribution in [0.4, 0.5) is 5.69 Å². The molecule has 1 aliphatic carbocycles. The number of carbonyl (C=O) groups is 1. The molecule has 134 valence electrons. The topological polar surface area (TPSA) is 55.6 Å². The van der Waals surface area contributed by atoms with E-state index in [9.17, 15) is 4.79 Å². The molecule has 0 radical (unpaired) electrons. The van der Waals surface area contributed by atoms with Crippen LogP contribution in [0.25, 0.3) is 0 Å². The fourth-order valence-corrected chi connectivity index (χ4v) is 3.69. The number of nitrogens with two attached hydrogens (primary N) is 1. The van der Waals surface area contributed by atoms with E-state index >= 15 is 0 Å². The van der Waals surface area contributed by atoms with Gasteiger partial charge in [-0.05, 0) is 62.6 Å². The van der Waals surface area contributed by atoms with Gasteiger partial charge in [-0.15, -0.1) is 12.4 Å². The summed E-state index contributed by atoms with van der Waals surface area (Å²) in [4.78, 5) is 14.4. The summed E-state index contributed by atoms with van der Waals surface area (Å²) in [5, 5.41) is 0. The van der Waals surface area contributed by atoms with Crippen LogP contribution in [-0.4, -0.2) is 36.1 Å². The Balaban J connectivity index is 0.00000208. The lowest BCUT2D eigenvalue weighted by atomic mass is 9.88. The Kier molecular flexibility index (Phi) is 6.93. The molecule has 1 aliphatic heterocycles. The summed E-state index contributed by atoms with van der Waals surface area (Å²) >= 11 is 0. The molecule has 0 aromatic heterocycles. The van der Waals surface area contributed by atoms with Crippen molar-refractivity contribution >= 4 is 24.0 Å². The van der Waals surface area contributed by atoms with E-state index in [4.69, 9.17) is 10.5 Å². The Hall–Kier alpha value is -1.26. The second-order valence-corrected chi connectivity index (χ2v) is 7.13. The van der Waals surface area contributed by atoms with Crippen molar-refractivity contribution in [1.29, 1.82) is 0 Å². The lowest BCUT2D eigenvalue weighted by Gasteiger charge is -2.35. The van der Waals surface area contributed by atoms with Crippen molar-refractivity contribution in [3.63, 3.8) is 0 Å². The summed E-state index contributed by atoms with van der Waals surface area (Å²) in [6.45, 7) is 3.89. The van der Waals surface area contributed by atoms with E-state index < -0.39 is 0 Å². The summed E-state index contributed by atoms with van der Waals surface area (Å²) in [5.41, 5.74) is 7.10. The number of rotatable bonds is 3. The van der Waals surface area contributed by atoms with E-state index in [1.807, 2.05) is 23.1 Å². The predicted octanol–water partition coefficient (Wildman–Crippen LogP) is 3.89. The number of benzene rings is 1. The standard InChI is InChI=1S/C19H28N2O2.ClH/c1-14-5-7-17(8-6-14)23-18-9-11-21(12-10-18)19(22)15-3-2-4-16(20)13-15;/h2-4,13-14,17-18H,5-12,20H2,1H3;1H. The molecule has 3 rings (SSSR count). The molecule has 1 amide bonds. The van der Waals surface area contributed by atoms with Gasteiger partial charge in [0.1, 0.15) is 0 Å². The SMILES string of the molecule is CC1CCC(OC2CCN(C(=O)c3cccc(N)c3)CC2)CC1.Cl. The molecule has 0 unspecified atom stereocenters. The van der Waals surface area contributed by atoms with Crippen LogP contribution in [0.1, 0.15) is 55.8 Å². The largest absolute Gasteiger partial charge is 0.399 e. The molecule has 0 atom stereocenters. The number of ether oxygens (including phenoxy) is 1. The molecule has 0 spiro atoms. The van der Waals surface area contributed by atoms with Gasteiger partial charge in [-0.1, -0.05) is 13.0 Å². The summed E-state index contributed by atoms with van der Waals surface area (Å²) in [5.74, 6) is 0.940. The quantitative estimate of drug-likeness (QED) is 0.839. The number of anilines is 1. The average Bonchev–Trinajstić information content (AvgIpc) is 2.57. The second-order valence-electron chi connectivity index (χ2n) is 7.13. The Bertz CT molecular complexity index is 536. The molecule has 2 aliphatic rings. The first-order chi connectivity index (χ1) is 11.1. The fourth-order valence-electron chi connectivity index (χ4n) is 3.69. The van der Waals surface area contributed by atoms with Crippen molar-refractivity contribution < 1.29 is 9.53 Å². The third-order valence-corrected chi connectivity index (χ3v) is 5.21. The van der Waals surface area contributed by atoms with E-state index in [1.54, 1.807) is 6.07 Å². The minimum Gasteiger partial charge on any atom is -0.399 e. The predicted molar refractivity (Wildman–Crippen MR) is 99.5 cm³/mol. The third kappa shape index (κ3) is 4.87. The van der Waals surface area contributed by atoms with Crippen LogP contribution in [0.2, 0.25) is 0 Å². The van der Waals surface area contributed by atoms with Crippen LogP contribution in [-0.2, 0) is 4.74 Å². The number of nitrogens with zero attached hydrogens (tertiary/aromatic N) is 1. The van der Waals surface area contributed by atoms with E-state index in [0.29, 0.717) is 23.5 Å². The van der Waals surface area contributed by atoms with Crippen LogP contribution in [0, 0.1) is 5.92 Å². The maximum Gasteiger partial charge on any atom is 0.253 e. The zero-order chi connectivity index (χ0) is 16.2. The molecule has 24 heavy (non-hydrogen) atoms. The van der Waals surface area contributed by atoms with Gasteiger partial charge in [0.05, 0.1) is 12.2 Å². The Morgan fingerprint density at radius 3 is 2.33 bits per heavy atom. The van der Waals surface area contributed by atoms with Gasteiger partial charge in [0.2, 0.25) is 0 Å². The maximum absolute atomic E-state index is 12.5. The van der Waals surface area contributed by atoms with Crippen LogP contribution in [0.15, 0.2) is 24.3 Å². The number of likely N-dealkylation sites (tertiary alicyclic amines) is 1. The van der Waals surface area contributed by atoms with Crippen molar-refractivity contribution in [2.75, 3.05) is 18.8 Å². The minimum absolute atomic E-state index is 0. The third-order valence-electron chi connectivity index (χ3n) is 5.21. The highest BCUT2D eigenvalue weighted by atomic mass is 35.5. The summed E-state index contributed by atoms with van der Waals surface area (Å²) in [6, 6.07) is 7.24. The molecule has 0 bridgehead atoms. The van der Waals surface area contributed by atoms with Gasteiger partial charge in [0.25, 0.3) is 5.91 Å². The van der Waals surface area contributed by atoms with Crippen LogP contribution in [0.3, 0.4) is 0 Å². The van der Waals surface area contributed by atoms with Gasteiger partial charge in [-0.2, -0.15) is 0 Å². The first-order valence-corrected chi connectivity index (χ1v) is 8.92. The Morgan fingerprint density at radius 1 is 1.08 bits per heavy atom. The molecule has 1 aromatic carbocycles. The molecule has 4 nitrogen and oxygen atoms in total. The van der Waals surface area contributed by atoms with Crippen LogP contribution < -0.4 is 5.73 Å². The summed E-state index contributed by atoms with van der Waals surface area (Å²) in [7, 11) is 0. The highest BCUT2D eigenvalue weighted by Crippen LogP contribution is 2.28. The molecule has 1 heterocycles. The number of halogens is 1. The Labute approximate surface area is 151 Å². The van der Waals surface area contributed by atoms with E-state index in [2.05, 4.69) is 6.92 Å². The van der Waals surface area contributed by atoms with Crippen LogP contribution >= 0.6 is 12.4 Å². The van der Waals surface area contributed by atoms with Crippen molar-refractivity contribution in [2.45, 2.75) is 57.7 Å². The highest BCUT2D eigenvalue weighted by molar-refractivity contribution is 5.95. The number of hydrogen-bond acceptors (Lipinski definition) is 3. The molecule has 5 heteroatoms. The van der Waals surface area contributed by atoms with Crippen molar-refractivity contribution in [3.05, 3.63) is 29.8 Å². The highest BCUT2D eigenvalue weighted by Gasteiger charge is 2.27. The van der Waals surface area contributed by atoms with Crippen molar-refractivity contribution in [3.8, 4) is 0 Å². The summed E-state index contributed by atoms with van der Waals surface area (Å²) in [6.07, 6.45) is 7.62. The molecular weight excluding hydrogens is 324 g/mol. The number of piperidine rings is 1. The lowest BCUT2D eigenvalue weighted by Crippen LogP contribution is -2.42. The van der Waals surface area contributed by atoms with E-state index in [0.717, 1.165) is 31.8 Å². The molecule has 2 fully saturated rings. The zero-order valence-corrected chi connectivity index (χ0v) is 15.3. The smallest absolute Gasteiger partial charge is 0.253 e. The lowest BCUT2D eigenvalue weighted by molar-refractivity contribution is -0.0570. The summed E-state index contributed by atoms with van der Waals surface area (Å²) < 4.78 is 6.28. The fraction of sp³-hybridized carbons (Fsp3) is 0.632. The molecule has 2 N–H and O–H groups in total. The first-order valence-electron chi connectivity index (χ1n) is 8.92. The van der Waals surface area contributed by atoms with Crippen molar-refractivity contribution in [2.24, 2.45) is 5.92 Å². The molecule has 1 aromatic rings. The number of carbonyl (C=O) groups excluding carboxylic acids is 1. The van der Waals surface area contributed by atoms with Gasteiger partial charge in [0, 0.05) is 24.3 Å². The van der Waals surface area contributed by atoms with E-state index in [-0.39, 0.29) is 18.3 Å². The van der Waals surface area contributed by atoms with Crippen LogP contribution in [0.5, 0.6) is 0 Å².